The van der Waals surface area contributed by atoms with E-state index in [2.05, 4.69) is 4.98 Å². The summed E-state index contributed by atoms with van der Waals surface area (Å²) >= 11 is 0. The predicted octanol–water partition coefficient (Wildman–Crippen LogP) is 1.58. The van der Waals surface area contributed by atoms with Crippen molar-refractivity contribution in [3.63, 3.8) is 0 Å². The summed E-state index contributed by atoms with van der Waals surface area (Å²) in [7, 11) is 3.55. The molecule has 1 aliphatic rings. The molecule has 1 saturated heterocycles. The summed E-state index contributed by atoms with van der Waals surface area (Å²) in [5.41, 5.74) is 4.65. The first-order valence-electron chi connectivity index (χ1n) is 9.43. The quantitative estimate of drug-likeness (QED) is 0.621. The van der Waals surface area contributed by atoms with Gasteiger partial charge in [-0.3, -0.25) is 9.69 Å². The average Bonchev–Trinajstić information content (AvgIpc) is 2.66. The SMILES string of the molecule is CCn1cc(C(=O)O)c(=O)c2cc3cc(F)c(N4CC(N)C4N(C)C)c(F)c3nc21. The molecule has 3 heterocycles. The van der Waals surface area contributed by atoms with Gasteiger partial charge in [0, 0.05) is 24.7 Å². The minimum atomic E-state index is -1.37. The molecule has 8 nitrogen and oxygen atoms in total. The second-order valence-corrected chi connectivity index (χ2v) is 7.61. The molecule has 0 bridgehead atoms. The van der Waals surface area contributed by atoms with Crippen LogP contribution < -0.4 is 16.1 Å². The van der Waals surface area contributed by atoms with Gasteiger partial charge < -0.3 is 20.3 Å². The zero-order valence-electron chi connectivity index (χ0n) is 16.7. The Kier molecular flexibility index (Phi) is 4.70. The third-order valence-electron chi connectivity index (χ3n) is 5.50. The molecule has 1 fully saturated rings. The van der Waals surface area contributed by atoms with E-state index in [4.69, 9.17) is 5.73 Å². The third-order valence-corrected chi connectivity index (χ3v) is 5.50. The van der Waals surface area contributed by atoms with Crippen LogP contribution >= 0.6 is 0 Å². The Morgan fingerprint density at radius 2 is 2.07 bits per heavy atom. The van der Waals surface area contributed by atoms with Crippen LogP contribution in [0.5, 0.6) is 0 Å². The van der Waals surface area contributed by atoms with E-state index in [0.29, 0.717) is 6.54 Å². The summed E-state index contributed by atoms with van der Waals surface area (Å²) in [6.45, 7) is 2.35. The van der Waals surface area contributed by atoms with Gasteiger partial charge in [0.1, 0.15) is 28.2 Å². The van der Waals surface area contributed by atoms with E-state index in [1.807, 2.05) is 0 Å². The largest absolute Gasteiger partial charge is 0.477 e. The number of rotatable bonds is 4. The number of carboxylic acids is 1. The number of nitrogens with two attached hydrogens (primary N) is 1. The summed E-state index contributed by atoms with van der Waals surface area (Å²) in [6, 6.07) is 2.15. The third kappa shape index (κ3) is 2.83. The maximum Gasteiger partial charge on any atom is 0.341 e. The number of nitrogens with zero attached hydrogens (tertiary/aromatic N) is 4. The first kappa shape index (κ1) is 20.2. The van der Waals surface area contributed by atoms with Gasteiger partial charge in [0.2, 0.25) is 5.43 Å². The monoisotopic (exact) mass is 417 g/mol. The number of hydrogen-bond acceptors (Lipinski definition) is 6. The van der Waals surface area contributed by atoms with E-state index in [0.717, 1.165) is 6.07 Å². The van der Waals surface area contributed by atoms with Crippen molar-refractivity contribution in [3.05, 3.63) is 45.8 Å². The van der Waals surface area contributed by atoms with Crippen molar-refractivity contribution < 1.29 is 18.7 Å². The van der Waals surface area contributed by atoms with Crippen LogP contribution in [-0.2, 0) is 6.54 Å². The Balaban J connectivity index is 2.01. The van der Waals surface area contributed by atoms with Crippen molar-refractivity contribution in [1.29, 1.82) is 0 Å². The summed E-state index contributed by atoms with van der Waals surface area (Å²) < 4.78 is 31.8. The maximum absolute atomic E-state index is 15.5. The van der Waals surface area contributed by atoms with Crippen LogP contribution in [0, 0.1) is 11.6 Å². The van der Waals surface area contributed by atoms with Crippen molar-refractivity contribution in [1.82, 2.24) is 14.5 Å². The highest BCUT2D eigenvalue weighted by atomic mass is 19.1. The highest BCUT2D eigenvalue weighted by Crippen LogP contribution is 2.36. The van der Waals surface area contributed by atoms with Gasteiger partial charge in [-0.2, -0.15) is 0 Å². The molecular weight excluding hydrogens is 396 g/mol. The van der Waals surface area contributed by atoms with Crippen molar-refractivity contribution in [2.45, 2.75) is 25.7 Å². The fourth-order valence-corrected chi connectivity index (χ4v) is 4.10. The van der Waals surface area contributed by atoms with E-state index >= 15 is 4.39 Å². The lowest BCUT2D eigenvalue weighted by Crippen LogP contribution is -2.70. The predicted molar refractivity (Wildman–Crippen MR) is 109 cm³/mol. The molecule has 3 N–H and O–H groups in total. The van der Waals surface area contributed by atoms with Crippen molar-refractivity contribution >= 4 is 33.6 Å². The number of carbonyl (C=O) groups is 1. The van der Waals surface area contributed by atoms with E-state index in [-0.39, 0.29) is 46.4 Å². The second kappa shape index (κ2) is 6.99. The number of pyridine rings is 2. The number of aromatic carboxylic acids is 1. The number of aryl methyl sites for hydroxylation is 1. The molecule has 0 aliphatic carbocycles. The van der Waals surface area contributed by atoms with Crippen molar-refractivity contribution in [3.8, 4) is 0 Å². The van der Waals surface area contributed by atoms with Crippen molar-refractivity contribution in [2.75, 3.05) is 25.5 Å². The molecule has 1 aromatic carbocycles. The van der Waals surface area contributed by atoms with Gasteiger partial charge in [0.25, 0.3) is 0 Å². The summed E-state index contributed by atoms with van der Waals surface area (Å²) in [4.78, 5) is 31.6. The summed E-state index contributed by atoms with van der Waals surface area (Å²) in [6.07, 6.45) is 0.823. The Bertz CT molecular complexity index is 1250. The number of likely N-dealkylation sites (N-methyl/N-ethyl adjacent to an activating group) is 1. The topological polar surface area (TPSA) is 105 Å². The zero-order valence-corrected chi connectivity index (χ0v) is 16.7. The number of hydrogen-bond donors (Lipinski definition) is 2. The Labute approximate surface area is 170 Å². The van der Waals surface area contributed by atoms with Crippen LogP contribution in [0.4, 0.5) is 14.5 Å². The molecule has 30 heavy (non-hydrogen) atoms. The average molecular weight is 417 g/mol. The lowest BCUT2D eigenvalue weighted by Gasteiger charge is -2.51. The minimum absolute atomic E-state index is 0.00654. The van der Waals surface area contributed by atoms with E-state index in [1.165, 1.54) is 16.8 Å². The molecular formula is C20H21F2N5O3. The number of fused-ring (bicyclic) bond motifs is 2. The molecule has 10 heteroatoms. The molecule has 0 radical (unpaired) electrons. The van der Waals surface area contributed by atoms with Gasteiger partial charge in [0.15, 0.2) is 5.82 Å². The normalized spacial score (nSPS) is 19.0. The fourth-order valence-electron chi connectivity index (χ4n) is 4.10. The molecule has 158 valence electrons. The molecule has 2 atom stereocenters. The summed E-state index contributed by atoms with van der Waals surface area (Å²) in [5, 5.41) is 9.37. The number of carboxylic acid groups (broad SMARTS) is 1. The zero-order chi connectivity index (χ0) is 21.9. The minimum Gasteiger partial charge on any atom is -0.477 e. The van der Waals surface area contributed by atoms with Gasteiger partial charge in [-0.05, 0) is 33.2 Å². The molecule has 0 saturated carbocycles. The number of anilines is 1. The fraction of sp³-hybridized carbons (Fsp3) is 0.350. The van der Waals surface area contributed by atoms with E-state index in [9.17, 15) is 19.1 Å². The Hall–Kier alpha value is -3.11. The number of halogens is 2. The van der Waals surface area contributed by atoms with Crippen LogP contribution in [-0.4, -0.2) is 58.4 Å². The van der Waals surface area contributed by atoms with Crippen LogP contribution in [0.15, 0.2) is 23.1 Å². The smallest absolute Gasteiger partial charge is 0.341 e. The molecule has 0 spiro atoms. The van der Waals surface area contributed by atoms with Crippen LogP contribution in [0.1, 0.15) is 17.3 Å². The Morgan fingerprint density at radius 3 is 2.63 bits per heavy atom. The molecule has 1 aliphatic heterocycles. The van der Waals surface area contributed by atoms with E-state index < -0.39 is 28.6 Å². The van der Waals surface area contributed by atoms with Gasteiger partial charge in [-0.15, -0.1) is 0 Å². The Morgan fingerprint density at radius 1 is 1.37 bits per heavy atom. The van der Waals surface area contributed by atoms with Gasteiger partial charge >= 0.3 is 5.97 Å². The number of benzene rings is 1. The standard InChI is InChI=1S/C20H21F2N5O3/c1-4-26-7-11(20(29)30)17(28)10-5-9-6-12(21)16(14(22)15(9)24-18(10)26)27-8-13(23)19(27)25(2)3/h5-7,13,19H,4,8,23H2,1-3H3,(H,29,30). The highest BCUT2D eigenvalue weighted by molar-refractivity contribution is 5.97. The molecule has 2 unspecified atom stereocenters. The van der Waals surface area contributed by atoms with Crippen LogP contribution in [0.2, 0.25) is 0 Å². The lowest BCUT2D eigenvalue weighted by molar-refractivity contribution is 0.0695. The van der Waals surface area contributed by atoms with Gasteiger partial charge in [0.05, 0.1) is 17.6 Å². The van der Waals surface area contributed by atoms with E-state index in [1.54, 1.807) is 30.8 Å². The molecule has 3 aromatic rings. The number of aromatic nitrogens is 2. The lowest BCUT2D eigenvalue weighted by atomic mass is 10.0. The highest BCUT2D eigenvalue weighted by Gasteiger charge is 2.41. The molecule has 0 amide bonds. The molecule has 4 rings (SSSR count). The first-order valence-corrected chi connectivity index (χ1v) is 9.43. The van der Waals surface area contributed by atoms with Gasteiger partial charge in [-0.25, -0.2) is 18.6 Å². The molecule has 2 aromatic heterocycles. The van der Waals surface area contributed by atoms with Crippen LogP contribution in [0.25, 0.3) is 21.9 Å². The maximum atomic E-state index is 15.5. The van der Waals surface area contributed by atoms with Gasteiger partial charge in [-0.1, -0.05) is 0 Å². The first-order chi connectivity index (χ1) is 14.1. The van der Waals surface area contributed by atoms with Crippen LogP contribution in [0.3, 0.4) is 0 Å². The summed E-state index contributed by atoms with van der Waals surface area (Å²) in [5.74, 6) is -3.02. The van der Waals surface area contributed by atoms with Crippen molar-refractivity contribution in [2.24, 2.45) is 5.73 Å². The second-order valence-electron chi connectivity index (χ2n) is 7.61.